The van der Waals surface area contributed by atoms with Crippen molar-refractivity contribution in [2.24, 2.45) is 0 Å². The number of hydrogen-bond donors (Lipinski definition) is 2. The van der Waals surface area contributed by atoms with Gasteiger partial charge in [0.15, 0.2) is 0 Å². The number of carbonyl (C=O) groups is 2. The summed E-state index contributed by atoms with van der Waals surface area (Å²) in [5, 5.41) is 19.8. The van der Waals surface area contributed by atoms with E-state index < -0.39 is 5.97 Å². The van der Waals surface area contributed by atoms with E-state index in [1.54, 1.807) is 18.2 Å². The summed E-state index contributed by atoms with van der Waals surface area (Å²) in [5.74, 6) is -1.16. The van der Waals surface area contributed by atoms with Gasteiger partial charge in [0.25, 0.3) is 0 Å². The molecule has 0 aliphatic carbocycles. The molecule has 1 amide bonds. The molecule has 1 rings (SSSR count). The topological polar surface area (TPSA) is 90.2 Å². The lowest BCUT2D eigenvalue weighted by Gasteiger charge is -2.07. The lowest BCUT2D eigenvalue weighted by molar-refractivity contribution is -0.137. The number of carbonyl (C=O) groups excluding carboxylic acids is 1. The maximum absolute atomic E-state index is 11.5. The second-order valence-corrected chi connectivity index (χ2v) is 4.46. The fourth-order valence-electron chi connectivity index (χ4n) is 1.30. The van der Waals surface area contributed by atoms with Crippen molar-refractivity contribution in [3.8, 4) is 6.07 Å². The third kappa shape index (κ3) is 4.55. The molecule has 0 unspecified atom stereocenters. The Morgan fingerprint density at radius 1 is 1.39 bits per heavy atom. The Morgan fingerprint density at radius 3 is 2.67 bits per heavy atom. The minimum atomic E-state index is -0.914. The third-order valence-electron chi connectivity index (χ3n) is 2.17. The van der Waals surface area contributed by atoms with E-state index in [9.17, 15) is 9.59 Å². The van der Waals surface area contributed by atoms with Gasteiger partial charge in [0.1, 0.15) is 0 Å². The third-order valence-corrected chi connectivity index (χ3v) is 2.82. The van der Waals surface area contributed by atoms with E-state index in [0.717, 1.165) is 0 Å². The lowest BCUT2D eigenvalue weighted by atomic mass is 10.2. The van der Waals surface area contributed by atoms with Gasteiger partial charge in [0.05, 0.1) is 17.3 Å². The molecule has 0 bridgehead atoms. The number of rotatable bonds is 5. The summed E-state index contributed by atoms with van der Waals surface area (Å²) in [7, 11) is 0. The van der Waals surface area contributed by atoms with E-state index in [-0.39, 0.29) is 18.7 Å². The van der Waals surface area contributed by atoms with Gasteiger partial charge in [-0.3, -0.25) is 9.59 Å². The highest BCUT2D eigenvalue weighted by Gasteiger charge is 2.07. The van der Waals surface area contributed by atoms with Gasteiger partial charge in [-0.05, 0) is 40.5 Å². The average Bonchev–Trinajstić information content (AvgIpc) is 2.31. The van der Waals surface area contributed by atoms with Crippen LogP contribution in [0, 0.1) is 11.3 Å². The second kappa shape index (κ2) is 6.77. The highest BCUT2D eigenvalue weighted by Crippen LogP contribution is 2.23. The molecule has 5 nitrogen and oxygen atoms in total. The number of anilines is 1. The van der Waals surface area contributed by atoms with Crippen LogP contribution >= 0.6 is 15.9 Å². The molecule has 0 saturated carbocycles. The van der Waals surface area contributed by atoms with Crippen LogP contribution in [0.25, 0.3) is 0 Å². The molecule has 2 N–H and O–H groups in total. The molecule has 0 spiro atoms. The summed E-state index contributed by atoms with van der Waals surface area (Å²) in [6.45, 7) is 0. The standard InChI is InChI=1S/C12H11BrN2O3/c13-9-6-8(7-14)4-5-10(9)15-11(16)2-1-3-12(17)18/h4-6H,1-3H2,(H,15,16)(H,17,18). The van der Waals surface area contributed by atoms with Crippen LogP contribution in [0.5, 0.6) is 0 Å². The Bertz CT molecular complexity index is 509. The maximum Gasteiger partial charge on any atom is 0.303 e. The first kappa shape index (κ1) is 14.2. The Labute approximate surface area is 113 Å². The van der Waals surface area contributed by atoms with Crippen molar-refractivity contribution >= 4 is 33.5 Å². The zero-order chi connectivity index (χ0) is 13.5. The number of carboxylic acids is 1. The van der Waals surface area contributed by atoms with Crippen LogP contribution in [0.1, 0.15) is 24.8 Å². The molecule has 0 aliphatic rings. The normalized spacial score (nSPS) is 9.56. The Morgan fingerprint density at radius 2 is 2.11 bits per heavy atom. The number of halogens is 1. The van der Waals surface area contributed by atoms with E-state index in [1.807, 2.05) is 6.07 Å². The summed E-state index contributed by atoms with van der Waals surface area (Å²) < 4.78 is 0.619. The summed E-state index contributed by atoms with van der Waals surface area (Å²) in [5.41, 5.74) is 1.06. The van der Waals surface area contributed by atoms with Crippen molar-refractivity contribution in [2.45, 2.75) is 19.3 Å². The molecule has 18 heavy (non-hydrogen) atoms. The van der Waals surface area contributed by atoms with Crippen LogP contribution < -0.4 is 5.32 Å². The second-order valence-electron chi connectivity index (χ2n) is 3.60. The molecular formula is C12H11BrN2O3. The molecule has 0 fully saturated rings. The highest BCUT2D eigenvalue weighted by molar-refractivity contribution is 9.10. The smallest absolute Gasteiger partial charge is 0.303 e. The van der Waals surface area contributed by atoms with E-state index >= 15 is 0 Å². The SMILES string of the molecule is N#Cc1ccc(NC(=O)CCCC(=O)O)c(Br)c1. The lowest BCUT2D eigenvalue weighted by Crippen LogP contribution is -2.12. The van der Waals surface area contributed by atoms with Crippen molar-refractivity contribution in [3.05, 3.63) is 28.2 Å². The molecule has 94 valence electrons. The van der Waals surface area contributed by atoms with Gasteiger partial charge in [-0.15, -0.1) is 0 Å². The van der Waals surface area contributed by atoms with Crippen LogP contribution in [0.4, 0.5) is 5.69 Å². The van der Waals surface area contributed by atoms with Gasteiger partial charge in [0.2, 0.25) is 5.91 Å². The monoisotopic (exact) mass is 310 g/mol. The van der Waals surface area contributed by atoms with Gasteiger partial charge < -0.3 is 10.4 Å². The van der Waals surface area contributed by atoms with E-state index in [2.05, 4.69) is 21.2 Å². The van der Waals surface area contributed by atoms with Crippen molar-refractivity contribution in [1.82, 2.24) is 0 Å². The van der Waals surface area contributed by atoms with Crippen LogP contribution in [-0.2, 0) is 9.59 Å². The number of carboxylic acid groups (broad SMARTS) is 1. The van der Waals surface area contributed by atoms with Gasteiger partial charge in [-0.2, -0.15) is 5.26 Å². The number of amides is 1. The molecule has 6 heteroatoms. The Kier molecular flexibility index (Phi) is 5.33. The molecule has 0 aromatic heterocycles. The number of nitriles is 1. The Hall–Kier alpha value is -1.87. The molecule has 1 aromatic rings. The highest BCUT2D eigenvalue weighted by atomic mass is 79.9. The average molecular weight is 311 g/mol. The quantitative estimate of drug-likeness (QED) is 0.874. The first-order valence-corrected chi connectivity index (χ1v) is 6.03. The number of benzene rings is 1. The van der Waals surface area contributed by atoms with Crippen molar-refractivity contribution in [2.75, 3.05) is 5.32 Å². The molecule has 0 radical (unpaired) electrons. The molecule has 0 atom stereocenters. The van der Waals surface area contributed by atoms with Crippen LogP contribution in [-0.4, -0.2) is 17.0 Å². The first-order valence-electron chi connectivity index (χ1n) is 5.24. The zero-order valence-electron chi connectivity index (χ0n) is 9.44. The molecule has 0 heterocycles. The Balaban J connectivity index is 2.54. The summed E-state index contributed by atoms with van der Waals surface area (Å²) in [4.78, 5) is 21.8. The molecule has 1 aromatic carbocycles. The van der Waals surface area contributed by atoms with E-state index in [4.69, 9.17) is 10.4 Å². The molecular weight excluding hydrogens is 300 g/mol. The largest absolute Gasteiger partial charge is 0.481 e. The summed E-state index contributed by atoms with van der Waals surface area (Å²) in [6.07, 6.45) is 0.426. The van der Waals surface area contributed by atoms with E-state index in [1.165, 1.54) is 0 Å². The van der Waals surface area contributed by atoms with Gasteiger partial charge in [0, 0.05) is 17.3 Å². The number of hydrogen-bond acceptors (Lipinski definition) is 3. The molecule has 0 saturated heterocycles. The molecule has 0 aliphatic heterocycles. The van der Waals surface area contributed by atoms with Gasteiger partial charge in [-0.1, -0.05) is 0 Å². The van der Waals surface area contributed by atoms with Crippen molar-refractivity contribution in [3.63, 3.8) is 0 Å². The van der Waals surface area contributed by atoms with E-state index in [0.29, 0.717) is 22.1 Å². The van der Waals surface area contributed by atoms with Crippen LogP contribution in [0.2, 0.25) is 0 Å². The first-order chi connectivity index (χ1) is 8.52. The minimum absolute atomic E-state index is 0.0258. The number of aliphatic carboxylic acids is 1. The number of nitrogens with one attached hydrogen (secondary N) is 1. The van der Waals surface area contributed by atoms with Crippen LogP contribution in [0.3, 0.4) is 0 Å². The predicted octanol–water partition coefficient (Wildman–Crippen LogP) is 2.51. The van der Waals surface area contributed by atoms with Gasteiger partial charge in [-0.25, -0.2) is 0 Å². The summed E-state index contributed by atoms with van der Waals surface area (Å²) in [6, 6.07) is 6.81. The minimum Gasteiger partial charge on any atom is -0.481 e. The summed E-state index contributed by atoms with van der Waals surface area (Å²) >= 11 is 3.25. The maximum atomic E-state index is 11.5. The van der Waals surface area contributed by atoms with Crippen molar-refractivity contribution < 1.29 is 14.7 Å². The number of nitrogens with zero attached hydrogens (tertiary/aromatic N) is 1. The predicted molar refractivity (Wildman–Crippen MR) is 69.0 cm³/mol. The van der Waals surface area contributed by atoms with Crippen molar-refractivity contribution in [1.29, 1.82) is 5.26 Å². The van der Waals surface area contributed by atoms with Gasteiger partial charge >= 0.3 is 5.97 Å². The zero-order valence-corrected chi connectivity index (χ0v) is 11.0. The fraction of sp³-hybridized carbons (Fsp3) is 0.250. The fourth-order valence-corrected chi connectivity index (χ4v) is 1.78. The van der Waals surface area contributed by atoms with Crippen LogP contribution in [0.15, 0.2) is 22.7 Å².